The highest BCUT2D eigenvalue weighted by molar-refractivity contribution is 5.22. The minimum Gasteiger partial charge on any atom is -0.491 e. The van der Waals surface area contributed by atoms with Gasteiger partial charge >= 0.3 is 0 Å². The van der Waals surface area contributed by atoms with Gasteiger partial charge in [0.15, 0.2) is 6.29 Å². The van der Waals surface area contributed by atoms with Crippen LogP contribution >= 0.6 is 0 Å². The highest BCUT2D eigenvalue weighted by Gasteiger charge is 2.11. The maximum atomic E-state index is 12.8. The van der Waals surface area contributed by atoms with E-state index in [1.54, 1.807) is 26.2 Å². The number of ether oxygens (including phenoxy) is 4. The van der Waals surface area contributed by atoms with Crippen molar-refractivity contribution >= 4 is 0 Å². The normalized spacial score (nSPS) is 13.8. The maximum absolute atomic E-state index is 12.8. The summed E-state index contributed by atoms with van der Waals surface area (Å²) < 4.78 is 34.3. The topological polar surface area (TPSA) is 57.2 Å². The first kappa shape index (κ1) is 18.8. The molecule has 0 radical (unpaired) electrons. The molecule has 0 bridgehead atoms. The zero-order valence-corrected chi connectivity index (χ0v) is 13.2. The number of aliphatic hydroxyl groups is 1. The molecule has 0 aliphatic heterocycles. The van der Waals surface area contributed by atoms with E-state index in [4.69, 9.17) is 24.1 Å². The third-order valence-electron chi connectivity index (χ3n) is 3.12. The first-order valence-electron chi connectivity index (χ1n) is 7.41. The Hall–Kier alpha value is -1.21. The smallest absolute Gasteiger partial charge is 0.157 e. The summed E-state index contributed by atoms with van der Waals surface area (Å²) in [4.78, 5) is 0. The van der Waals surface area contributed by atoms with E-state index in [0.29, 0.717) is 18.8 Å². The van der Waals surface area contributed by atoms with Gasteiger partial charge in [0.2, 0.25) is 0 Å². The molecule has 126 valence electrons. The van der Waals surface area contributed by atoms with Crippen molar-refractivity contribution in [3.63, 3.8) is 0 Å². The summed E-state index contributed by atoms with van der Waals surface area (Å²) in [6.45, 7) is 2.37. The molecule has 1 aromatic carbocycles. The molecule has 1 unspecified atom stereocenters. The lowest BCUT2D eigenvalue weighted by Crippen LogP contribution is -2.25. The molecule has 1 N–H and O–H groups in total. The van der Waals surface area contributed by atoms with Crippen molar-refractivity contribution in [2.24, 2.45) is 0 Å². The monoisotopic (exact) mass is 316 g/mol. The first-order valence-corrected chi connectivity index (χ1v) is 7.41. The van der Waals surface area contributed by atoms with Crippen molar-refractivity contribution in [1.29, 1.82) is 0 Å². The van der Waals surface area contributed by atoms with Gasteiger partial charge in [0, 0.05) is 13.7 Å². The van der Waals surface area contributed by atoms with E-state index >= 15 is 0 Å². The van der Waals surface area contributed by atoms with Gasteiger partial charge in [-0.05, 0) is 50.5 Å². The molecule has 0 heterocycles. The Bertz CT molecular complexity index is 385. The van der Waals surface area contributed by atoms with Crippen LogP contribution in [-0.2, 0) is 14.2 Å². The van der Waals surface area contributed by atoms with Crippen LogP contribution in [0, 0.1) is 5.82 Å². The van der Waals surface area contributed by atoms with Gasteiger partial charge in [0.25, 0.3) is 0 Å². The lowest BCUT2D eigenvalue weighted by Gasteiger charge is -2.20. The van der Waals surface area contributed by atoms with Gasteiger partial charge < -0.3 is 24.1 Å². The predicted octanol–water partition coefficient (Wildman–Crippen LogP) is 2.72. The SMILES string of the molecule is COC(C)OCO[C@@H](CCCCO)COc1ccc(F)cc1. The molecule has 0 aromatic heterocycles. The van der Waals surface area contributed by atoms with Crippen molar-refractivity contribution < 1.29 is 28.4 Å². The van der Waals surface area contributed by atoms with E-state index in [0.717, 1.165) is 12.8 Å². The molecule has 5 nitrogen and oxygen atoms in total. The zero-order valence-electron chi connectivity index (χ0n) is 13.2. The molecule has 2 atom stereocenters. The van der Waals surface area contributed by atoms with Crippen LogP contribution in [0.3, 0.4) is 0 Å². The van der Waals surface area contributed by atoms with Gasteiger partial charge in [-0.15, -0.1) is 0 Å². The summed E-state index contributed by atoms with van der Waals surface area (Å²) >= 11 is 0. The average Bonchev–Trinajstić information content (AvgIpc) is 2.53. The molecule has 22 heavy (non-hydrogen) atoms. The van der Waals surface area contributed by atoms with Crippen molar-refractivity contribution in [2.45, 2.75) is 38.6 Å². The summed E-state index contributed by atoms with van der Waals surface area (Å²) in [6.07, 6.45) is 1.78. The molecular weight excluding hydrogens is 291 g/mol. The van der Waals surface area contributed by atoms with E-state index < -0.39 is 0 Å². The predicted molar refractivity (Wildman–Crippen MR) is 80.1 cm³/mol. The van der Waals surface area contributed by atoms with Crippen molar-refractivity contribution in [1.82, 2.24) is 0 Å². The second-order valence-corrected chi connectivity index (χ2v) is 4.86. The largest absolute Gasteiger partial charge is 0.491 e. The van der Waals surface area contributed by atoms with Crippen LogP contribution in [0.1, 0.15) is 26.2 Å². The van der Waals surface area contributed by atoms with E-state index in [2.05, 4.69) is 0 Å². The Morgan fingerprint density at radius 3 is 2.50 bits per heavy atom. The lowest BCUT2D eigenvalue weighted by molar-refractivity contribution is -0.191. The Labute approximate surface area is 130 Å². The van der Waals surface area contributed by atoms with Gasteiger partial charge in [-0.3, -0.25) is 0 Å². The number of unbranched alkanes of at least 4 members (excludes halogenated alkanes) is 1. The molecule has 0 amide bonds. The second kappa shape index (κ2) is 11.4. The van der Waals surface area contributed by atoms with Gasteiger partial charge in [0.05, 0.1) is 6.10 Å². The molecule has 0 aliphatic rings. The minimum atomic E-state index is -0.337. The molecule has 0 saturated carbocycles. The Balaban J connectivity index is 2.37. The highest BCUT2D eigenvalue weighted by Crippen LogP contribution is 2.13. The van der Waals surface area contributed by atoms with Crippen molar-refractivity contribution in [2.75, 3.05) is 27.1 Å². The van der Waals surface area contributed by atoms with E-state index in [1.165, 1.54) is 12.1 Å². The third kappa shape index (κ3) is 8.29. The molecule has 6 heteroatoms. The Morgan fingerprint density at radius 1 is 1.14 bits per heavy atom. The fraction of sp³-hybridized carbons (Fsp3) is 0.625. The van der Waals surface area contributed by atoms with Crippen LogP contribution in [0.4, 0.5) is 4.39 Å². The quantitative estimate of drug-likeness (QED) is 0.475. The standard InChI is InChI=1S/C16H25FO5/c1-13(19-2)21-12-22-16(5-3-4-10-18)11-20-15-8-6-14(17)7-9-15/h6-9,13,16,18H,3-5,10-12H2,1-2H3/t13?,16-/m0/s1. The van der Waals surface area contributed by atoms with E-state index in [-0.39, 0.29) is 31.6 Å². The number of methoxy groups -OCH3 is 1. The van der Waals surface area contributed by atoms with Gasteiger partial charge in [0.1, 0.15) is 25.0 Å². The molecule has 0 spiro atoms. The molecular formula is C16H25FO5. The van der Waals surface area contributed by atoms with E-state index in [9.17, 15) is 4.39 Å². The molecule has 1 rings (SSSR count). The average molecular weight is 316 g/mol. The van der Waals surface area contributed by atoms with Crippen LogP contribution in [0.15, 0.2) is 24.3 Å². The summed E-state index contributed by atoms with van der Waals surface area (Å²) in [5.74, 6) is 0.286. The van der Waals surface area contributed by atoms with Gasteiger partial charge in [-0.1, -0.05) is 0 Å². The fourth-order valence-corrected chi connectivity index (χ4v) is 1.72. The Kier molecular flexibility index (Phi) is 9.74. The third-order valence-corrected chi connectivity index (χ3v) is 3.12. The van der Waals surface area contributed by atoms with Crippen molar-refractivity contribution in [3.8, 4) is 5.75 Å². The number of rotatable bonds is 12. The number of benzene rings is 1. The van der Waals surface area contributed by atoms with E-state index in [1.807, 2.05) is 0 Å². The van der Waals surface area contributed by atoms with Gasteiger partial charge in [-0.25, -0.2) is 4.39 Å². The number of hydrogen-bond donors (Lipinski definition) is 1. The summed E-state index contributed by atoms with van der Waals surface area (Å²) in [5, 5.41) is 8.85. The van der Waals surface area contributed by atoms with Crippen LogP contribution in [0.5, 0.6) is 5.75 Å². The van der Waals surface area contributed by atoms with Crippen LogP contribution in [0.25, 0.3) is 0 Å². The maximum Gasteiger partial charge on any atom is 0.157 e. The Morgan fingerprint density at radius 2 is 1.86 bits per heavy atom. The van der Waals surface area contributed by atoms with Crippen molar-refractivity contribution in [3.05, 3.63) is 30.1 Å². The summed E-state index contributed by atoms with van der Waals surface area (Å²) in [7, 11) is 1.56. The fourth-order valence-electron chi connectivity index (χ4n) is 1.72. The summed E-state index contributed by atoms with van der Waals surface area (Å²) in [6, 6.07) is 5.84. The molecule has 1 aromatic rings. The second-order valence-electron chi connectivity index (χ2n) is 4.86. The minimum absolute atomic E-state index is 0.103. The first-order chi connectivity index (χ1) is 10.7. The lowest BCUT2D eigenvalue weighted by atomic mass is 10.1. The van der Waals surface area contributed by atoms with Crippen LogP contribution in [-0.4, -0.2) is 44.6 Å². The highest BCUT2D eigenvalue weighted by atomic mass is 19.1. The molecule has 0 saturated heterocycles. The van der Waals surface area contributed by atoms with Gasteiger partial charge in [-0.2, -0.15) is 0 Å². The number of hydrogen-bond acceptors (Lipinski definition) is 5. The number of halogens is 1. The van der Waals surface area contributed by atoms with Crippen LogP contribution < -0.4 is 4.74 Å². The molecule has 0 aliphatic carbocycles. The number of aliphatic hydroxyl groups excluding tert-OH is 1. The summed E-state index contributed by atoms with van der Waals surface area (Å²) in [5.41, 5.74) is 0. The molecule has 0 fully saturated rings. The zero-order chi connectivity index (χ0) is 16.2. The van der Waals surface area contributed by atoms with Crippen LogP contribution in [0.2, 0.25) is 0 Å².